The molecule has 1 unspecified atom stereocenters. The van der Waals surface area contributed by atoms with Crippen LogP contribution >= 0.6 is 11.8 Å². The molecule has 1 N–H and O–H groups in total. The third-order valence-electron chi connectivity index (χ3n) is 5.23. The Hall–Kier alpha value is -1.89. The van der Waals surface area contributed by atoms with E-state index in [0.29, 0.717) is 23.2 Å². The summed E-state index contributed by atoms with van der Waals surface area (Å²) in [7, 11) is 0. The van der Waals surface area contributed by atoms with Crippen molar-refractivity contribution in [3.05, 3.63) is 28.3 Å². The van der Waals surface area contributed by atoms with Crippen LogP contribution in [-0.2, 0) is 0 Å². The molecule has 1 atom stereocenters. The summed E-state index contributed by atoms with van der Waals surface area (Å²) in [5, 5.41) is 9.36. The molecule has 0 aromatic carbocycles. The average Bonchev–Trinajstić information content (AvgIpc) is 3.50. The van der Waals surface area contributed by atoms with E-state index in [4.69, 9.17) is 0 Å². The standard InChI is InChI=1S/C19H24N4O2S/c1-9-15(11(3)24)10(2)20-16(9)17(25)12(4)26-19-22-21-18(13-5-6-13)23(19)14-7-8-14/h12-14,20H,5-8H2,1-4H3. The number of aromatic nitrogens is 4. The summed E-state index contributed by atoms with van der Waals surface area (Å²) in [6.07, 6.45) is 4.73. The van der Waals surface area contributed by atoms with Crippen molar-refractivity contribution in [3.8, 4) is 0 Å². The van der Waals surface area contributed by atoms with Gasteiger partial charge in [-0.25, -0.2) is 0 Å². The van der Waals surface area contributed by atoms with Crippen LogP contribution in [0.15, 0.2) is 5.16 Å². The van der Waals surface area contributed by atoms with Crippen LogP contribution in [0.5, 0.6) is 0 Å². The Morgan fingerprint density at radius 1 is 1.19 bits per heavy atom. The fourth-order valence-corrected chi connectivity index (χ4v) is 4.59. The normalized spacial score (nSPS) is 18.2. The molecule has 0 spiro atoms. The van der Waals surface area contributed by atoms with E-state index in [1.54, 1.807) is 0 Å². The Morgan fingerprint density at radius 3 is 2.42 bits per heavy atom. The summed E-state index contributed by atoms with van der Waals surface area (Å²) in [5.41, 5.74) is 2.66. The molecule has 2 aliphatic rings. The van der Waals surface area contributed by atoms with Gasteiger partial charge in [0.05, 0.1) is 10.9 Å². The lowest BCUT2D eigenvalue weighted by Gasteiger charge is -2.12. The highest BCUT2D eigenvalue weighted by Gasteiger charge is 2.37. The number of carbonyl (C=O) groups is 2. The lowest BCUT2D eigenvalue weighted by Crippen LogP contribution is -2.16. The Labute approximate surface area is 157 Å². The highest BCUT2D eigenvalue weighted by atomic mass is 32.2. The van der Waals surface area contributed by atoms with Crippen LogP contribution in [-0.4, -0.2) is 36.6 Å². The molecular formula is C19H24N4O2S. The van der Waals surface area contributed by atoms with Gasteiger partial charge in [-0.2, -0.15) is 0 Å². The van der Waals surface area contributed by atoms with Gasteiger partial charge in [0, 0.05) is 23.2 Å². The molecule has 4 rings (SSSR count). The highest BCUT2D eigenvalue weighted by Crippen LogP contribution is 2.46. The van der Waals surface area contributed by atoms with Crippen LogP contribution in [0.2, 0.25) is 0 Å². The van der Waals surface area contributed by atoms with Crippen molar-refractivity contribution >= 4 is 23.3 Å². The van der Waals surface area contributed by atoms with Gasteiger partial charge in [0.25, 0.3) is 0 Å². The summed E-state index contributed by atoms with van der Waals surface area (Å²) in [4.78, 5) is 27.9. The molecule has 0 amide bonds. The van der Waals surface area contributed by atoms with Gasteiger partial charge in [-0.3, -0.25) is 9.59 Å². The number of ketones is 2. The van der Waals surface area contributed by atoms with Crippen LogP contribution in [0.4, 0.5) is 0 Å². The molecule has 6 nitrogen and oxygen atoms in total. The van der Waals surface area contributed by atoms with Gasteiger partial charge >= 0.3 is 0 Å². The van der Waals surface area contributed by atoms with E-state index in [1.807, 2.05) is 20.8 Å². The largest absolute Gasteiger partial charge is 0.355 e. The lowest BCUT2D eigenvalue weighted by atomic mass is 10.0. The van der Waals surface area contributed by atoms with Crippen molar-refractivity contribution in [3.63, 3.8) is 0 Å². The monoisotopic (exact) mass is 372 g/mol. The second kappa shape index (κ2) is 6.37. The van der Waals surface area contributed by atoms with Crippen molar-refractivity contribution in [2.45, 2.75) is 75.7 Å². The highest BCUT2D eigenvalue weighted by molar-refractivity contribution is 8.00. The van der Waals surface area contributed by atoms with Crippen LogP contribution < -0.4 is 0 Å². The molecule has 2 aromatic rings. The number of nitrogens with zero attached hydrogens (tertiary/aromatic N) is 3. The summed E-state index contributed by atoms with van der Waals surface area (Å²) in [6.45, 7) is 7.11. The number of hydrogen-bond acceptors (Lipinski definition) is 5. The average molecular weight is 372 g/mol. The second-order valence-corrected chi connectivity index (χ2v) is 8.83. The Balaban J connectivity index is 1.57. The van der Waals surface area contributed by atoms with Crippen molar-refractivity contribution in [1.29, 1.82) is 0 Å². The molecule has 138 valence electrons. The van der Waals surface area contributed by atoms with Crippen LogP contribution in [0.3, 0.4) is 0 Å². The van der Waals surface area contributed by atoms with Gasteiger partial charge < -0.3 is 9.55 Å². The smallest absolute Gasteiger partial charge is 0.192 e. The van der Waals surface area contributed by atoms with Gasteiger partial charge in [-0.1, -0.05) is 11.8 Å². The zero-order chi connectivity index (χ0) is 18.6. The lowest BCUT2D eigenvalue weighted by molar-refractivity contribution is 0.0988. The molecule has 26 heavy (non-hydrogen) atoms. The number of Topliss-reactive ketones (excluding diaryl/α,β-unsaturated/α-hetero) is 2. The number of carbonyl (C=O) groups excluding carboxylic acids is 2. The van der Waals surface area contributed by atoms with Gasteiger partial charge in [-0.15, -0.1) is 10.2 Å². The topological polar surface area (TPSA) is 80.6 Å². The molecule has 7 heteroatoms. The van der Waals surface area contributed by atoms with Crippen molar-refractivity contribution < 1.29 is 9.59 Å². The Kier molecular flexibility index (Phi) is 4.29. The first-order valence-corrected chi connectivity index (χ1v) is 10.1. The molecule has 0 bridgehead atoms. The molecular weight excluding hydrogens is 348 g/mol. The minimum atomic E-state index is -0.291. The van der Waals surface area contributed by atoms with Gasteiger partial charge in [-0.05, 0) is 58.9 Å². The maximum Gasteiger partial charge on any atom is 0.192 e. The zero-order valence-corrected chi connectivity index (χ0v) is 16.4. The van der Waals surface area contributed by atoms with Crippen molar-refractivity contribution in [2.75, 3.05) is 0 Å². The fraction of sp³-hybridized carbons (Fsp3) is 0.579. The summed E-state index contributed by atoms with van der Waals surface area (Å²) < 4.78 is 2.26. The zero-order valence-electron chi connectivity index (χ0n) is 15.6. The number of rotatable bonds is 7. The molecule has 2 aromatic heterocycles. The Morgan fingerprint density at radius 2 is 1.88 bits per heavy atom. The third kappa shape index (κ3) is 3.02. The first kappa shape index (κ1) is 17.5. The third-order valence-corrected chi connectivity index (χ3v) is 6.29. The maximum atomic E-state index is 13.0. The fourth-order valence-electron chi connectivity index (χ4n) is 3.60. The summed E-state index contributed by atoms with van der Waals surface area (Å²) in [5.74, 6) is 1.63. The van der Waals surface area contributed by atoms with E-state index in [1.165, 1.54) is 44.4 Å². The van der Waals surface area contributed by atoms with E-state index in [0.717, 1.165) is 22.2 Å². The number of hydrogen-bond donors (Lipinski definition) is 1. The second-order valence-electron chi connectivity index (χ2n) is 7.52. The van der Waals surface area contributed by atoms with E-state index >= 15 is 0 Å². The van der Waals surface area contributed by atoms with E-state index < -0.39 is 0 Å². The van der Waals surface area contributed by atoms with Crippen molar-refractivity contribution in [1.82, 2.24) is 19.7 Å². The minimum Gasteiger partial charge on any atom is -0.355 e. The first-order valence-electron chi connectivity index (χ1n) is 9.24. The number of thioether (sulfide) groups is 1. The number of aryl methyl sites for hydroxylation is 1. The van der Waals surface area contributed by atoms with Crippen molar-refractivity contribution in [2.24, 2.45) is 0 Å². The molecule has 0 radical (unpaired) electrons. The van der Waals surface area contributed by atoms with Gasteiger partial charge in [0.15, 0.2) is 16.7 Å². The maximum absolute atomic E-state index is 13.0. The molecule has 0 aliphatic heterocycles. The predicted octanol–water partition coefficient (Wildman–Crippen LogP) is 4.00. The molecule has 2 aliphatic carbocycles. The quantitative estimate of drug-likeness (QED) is 0.587. The molecule has 2 fully saturated rings. The van der Waals surface area contributed by atoms with E-state index in [-0.39, 0.29) is 16.8 Å². The summed E-state index contributed by atoms with van der Waals surface area (Å²) in [6, 6.07) is 0.504. The Bertz CT molecular complexity index is 890. The number of nitrogens with one attached hydrogen (secondary N) is 1. The molecule has 2 saturated carbocycles. The first-order chi connectivity index (χ1) is 12.4. The predicted molar refractivity (Wildman–Crippen MR) is 100 cm³/mol. The SMILES string of the molecule is CC(=O)c1c(C)[nH]c(C(=O)C(C)Sc2nnc(C3CC3)n2C2CC2)c1C. The number of aromatic amines is 1. The van der Waals surface area contributed by atoms with Crippen LogP contribution in [0.25, 0.3) is 0 Å². The van der Waals surface area contributed by atoms with Gasteiger partial charge in [0.2, 0.25) is 0 Å². The van der Waals surface area contributed by atoms with Crippen LogP contribution in [0, 0.1) is 13.8 Å². The number of H-pyrrole nitrogens is 1. The molecule has 2 heterocycles. The van der Waals surface area contributed by atoms with E-state index in [9.17, 15) is 9.59 Å². The van der Waals surface area contributed by atoms with Crippen LogP contribution in [0.1, 0.15) is 89.4 Å². The summed E-state index contributed by atoms with van der Waals surface area (Å²) >= 11 is 1.47. The minimum absolute atomic E-state index is 0.00131. The van der Waals surface area contributed by atoms with Gasteiger partial charge in [0.1, 0.15) is 5.82 Å². The van der Waals surface area contributed by atoms with E-state index in [2.05, 4.69) is 19.7 Å². The molecule has 0 saturated heterocycles.